The van der Waals surface area contributed by atoms with Gasteiger partial charge in [-0.25, -0.2) is 9.97 Å². The lowest BCUT2D eigenvalue weighted by atomic mass is 10.2. The Bertz CT molecular complexity index is 780. The maximum absolute atomic E-state index is 5.50. The molecule has 0 bridgehead atoms. The van der Waals surface area contributed by atoms with Crippen LogP contribution in [0.1, 0.15) is 0 Å². The van der Waals surface area contributed by atoms with Gasteiger partial charge in [0.25, 0.3) is 0 Å². The highest BCUT2D eigenvalue weighted by molar-refractivity contribution is 6.08. The molecule has 4 rings (SSSR count). The number of benzene rings is 1. The first-order chi connectivity index (χ1) is 10.3. The molecule has 0 atom stereocenters. The topological polar surface area (TPSA) is 63.3 Å². The van der Waals surface area contributed by atoms with Crippen LogP contribution in [0, 0.1) is 0 Å². The van der Waals surface area contributed by atoms with E-state index < -0.39 is 0 Å². The minimum atomic E-state index is -0.190. The van der Waals surface area contributed by atoms with Crippen LogP contribution in [0.25, 0.3) is 21.9 Å². The second-order valence-electron chi connectivity index (χ2n) is 5.14. The molecule has 1 aliphatic rings. The first kappa shape index (κ1) is 12.6. The summed E-state index contributed by atoms with van der Waals surface area (Å²) in [6, 6.07) is 8.13. The smallest absolute Gasteiger partial charge is 0.175 e. The third-order valence-electron chi connectivity index (χ3n) is 3.74. The van der Waals surface area contributed by atoms with Gasteiger partial charge in [-0.1, -0.05) is 18.2 Å². The summed E-state index contributed by atoms with van der Waals surface area (Å²) in [5.41, 5.74) is 2.95. The molecule has 1 aromatic carbocycles. The monoisotopic (exact) mass is 284 g/mol. The van der Waals surface area contributed by atoms with Crippen molar-refractivity contribution in [3.05, 3.63) is 30.6 Å². The predicted octanol–water partition coefficient (Wildman–Crippen LogP) is 1.92. The zero-order valence-corrected chi connectivity index (χ0v) is 11.7. The Morgan fingerprint density at radius 2 is 2.05 bits per heavy atom. The highest BCUT2D eigenvalue weighted by Crippen LogP contribution is 2.28. The number of aromatic nitrogens is 3. The Morgan fingerprint density at radius 1 is 1.24 bits per heavy atom. The van der Waals surface area contributed by atoms with E-state index in [1.54, 1.807) is 6.33 Å². The van der Waals surface area contributed by atoms with Gasteiger partial charge < -0.3 is 19.4 Å². The van der Waals surface area contributed by atoms with E-state index in [2.05, 4.69) is 21.0 Å². The molecular formula is C15H16N4O2. The molecule has 6 heteroatoms. The van der Waals surface area contributed by atoms with Crippen molar-refractivity contribution in [2.75, 3.05) is 31.7 Å². The number of para-hydroxylation sites is 1. The van der Waals surface area contributed by atoms with E-state index in [0.717, 1.165) is 27.8 Å². The van der Waals surface area contributed by atoms with E-state index in [4.69, 9.17) is 9.47 Å². The van der Waals surface area contributed by atoms with Gasteiger partial charge in [0.15, 0.2) is 12.1 Å². The van der Waals surface area contributed by atoms with Gasteiger partial charge >= 0.3 is 0 Å². The molecule has 3 heterocycles. The molecule has 0 radical (unpaired) electrons. The van der Waals surface area contributed by atoms with Crippen LogP contribution >= 0.6 is 0 Å². The predicted molar refractivity (Wildman–Crippen MR) is 80.4 cm³/mol. The van der Waals surface area contributed by atoms with E-state index in [0.29, 0.717) is 19.8 Å². The van der Waals surface area contributed by atoms with Crippen molar-refractivity contribution in [3.8, 4) is 0 Å². The van der Waals surface area contributed by atoms with Crippen LogP contribution in [0.2, 0.25) is 0 Å². The number of nitrogens with zero attached hydrogens (tertiary/aromatic N) is 3. The minimum absolute atomic E-state index is 0.190. The number of aromatic amines is 1. The van der Waals surface area contributed by atoms with Crippen LogP contribution in [-0.4, -0.2) is 48.0 Å². The molecule has 3 aromatic rings. The molecule has 0 aliphatic carbocycles. The van der Waals surface area contributed by atoms with Crippen LogP contribution < -0.4 is 4.90 Å². The zero-order valence-electron chi connectivity index (χ0n) is 11.7. The van der Waals surface area contributed by atoms with E-state index in [1.807, 2.05) is 30.1 Å². The molecule has 0 amide bonds. The van der Waals surface area contributed by atoms with Crippen molar-refractivity contribution in [2.24, 2.45) is 0 Å². The fourth-order valence-corrected chi connectivity index (χ4v) is 2.74. The van der Waals surface area contributed by atoms with E-state index in [9.17, 15) is 0 Å². The molecule has 0 saturated carbocycles. The van der Waals surface area contributed by atoms with E-state index >= 15 is 0 Å². The van der Waals surface area contributed by atoms with Gasteiger partial charge in [0.2, 0.25) is 0 Å². The first-order valence-corrected chi connectivity index (χ1v) is 6.99. The molecule has 1 fully saturated rings. The second kappa shape index (κ2) is 4.98. The van der Waals surface area contributed by atoms with Crippen molar-refractivity contribution < 1.29 is 9.47 Å². The summed E-state index contributed by atoms with van der Waals surface area (Å²) in [6.07, 6.45) is 1.41. The van der Waals surface area contributed by atoms with Crippen molar-refractivity contribution in [3.63, 3.8) is 0 Å². The van der Waals surface area contributed by atoms with Crippen molar-refractivity contribution >= 4 is 27.8 Å². The summed E-state index contributed by atoms with van der Waals surface area (Å²) in [5.74, 6) is 0.857. The van der Waals surface area contributed by atoms with Crippen LogP contribution in [0.15, 0.2) is 30.6 Å². The largest absolute Gasteiger partial charge is 0.353 e. The van der Waals surface area contributed by atoms with Gasteiger partial charge in [-0.05, 0) is 6.07 Å². The van der Waals surface area contributed by atoms with Gasteiger partial charge in [-0.3, -0.25) is 0 Å². The van der Waals surface area contributed by atoms with Gasteiger partial charge in [0.1, 0.15) is 17.4 Å². The Hall–Kier alpha value is -2.18. The van der Waals surface area contributed by atoms with Gasteiger partial charge in [-0.2, -0.15) is 0 Å². The minimum Gasteiger partial charge on any atom is -0.353 e. The Balaban J connectivity index is 1.77. The molecule has 21 heavy (non-hydrogen) atoms. The molecule has 1 aliphatic heterocycles. The number of ether oxygens (including phenoxy) is 2. The van der Waals surface area contributed by atoms with Gasteiger partial charge in [0.05, 0.1) is 19.8 Å². The van der Waals surface area contributed by atoms with Crippen LogP contribution in [0.4, 0.5) is 5.82 Å². The summed E-state index contributed by atoms with van der Waals surface area (Å²) in [6.45, 7) is 1.95. The summed E-state index contributed by atoms with van der Waals surface area (Å²) >= 11 is 0. The quantitative estimate of drug-likeness (QED) is 0.796. The summed E-state index contributed by atoms with van der Waals surface area (Å²) < 4.78 is 11.0. The Labute approximate surface area is 121 Å². The number of nitrogens with one attached hydrogen (secondary N) is 1. The lowest BCUT2D eigenvalue weighted by Gasteiger charge is -2.21. The maximum atomic E-state index is 5.50. The first-order valence-electron chi connectivity index (χ1n) is 6.99. The average Bonchev–Trinajstić information content (AvgIpc) is 3.13. The Morgan fingerprint density at radius 3 is 2.90 bits per heavy atom. The third kappa shape index (κ3) is 2.12. The highest BCUT2D eigenvalue weighted by atomic mass is 16.7. The molecule has 6 nitrogen and oxygen atoms in total. The molecule has 2 aromatic heterocycles. The van der Waals surface area contributed by atoms with Crippen LogP contribution in [0.3, 0.4) is 0 Å². The number of rotatable bonds is 3. The summed E-state index contributed by atoms with van der Waals surface area (Å²) in [7, 11) is 1.98. The van der Waals surface area contributed by atoms with Gasteiger partial charge in [0, 0.05) is 18.0 Å². The summed E-state index contributed by atoms with van der Waals surface area (Å²) in [4.78, 5) is 14.3. The second-order valence-corrected chi connectivity index (χ2v) is 5.14. The van der Waals surface area contributed by atoms with Gasteiger partial charge in [-0.15, -0.1) is 0 Å². The summed E-state index contributed by atoms with van der Waals surface area (Å²) in [5, 5.41) is 1.11. The molecular weight excluding hydrogens is 268 g/mol. The van der Waals surface area contributed by atoms with Crippen LogP contribution in [-0.2, 0) is 9.47 Å². The normalized spacial score (nSPS) is 16.0. The number of fused-ring (bicyclic) bond motifs is 3. The fraction of sp³-hybridized carbons (Fsp3) is 0.333. The lowest BCUT2D eigenvalue weighted by molar-refractivity contribution is -0.0336. The molecule has 0 unspecified atom stereocenters. The third-order valence-corrected chi connectivity index (χ3v) is 3.74. The Kier molecular flexibility index (Phi) is 2.98. The molecule has 0 spiro atoms. The number of H-pyrrole nitrogens is 1. The SMILES string of the molecule is CN(CC1OCCO1)c1ncnc2c1[nH]c1ccccc12. The number of hydrogen-bond donors (Lipinski definition) is 1. The fourth-order valence-electron chi connectivity index (χ4n) is 2.74. The zero-order chi connectivity index (χ0) is 14.2. The van der Waals surface area contributed by atoms with Crippen molar-refractivity contribution in [1.82, 2.24) is 15.0 Å². The molecule has 1 saturated heterocycles. The number of hydrogen-bond acceptors (Lipinski definition) is 5. The standard InChI is InChI=1S/C15H16N4O2/c1-19(8-12-20-6-7-21-12)15-14-13(16-9-17-15)10-4-2-3-5-11(10)18-14/h2-5,9,12,18H,6-8H2,1H3. The van der Waals surface area contributed by atoms with Crippen molar-refractivity contribution in [1.29, 1.82) is 0 Å². The highest BCUT2D eigenvalue weighted by Gasteiger charge is 2.20. The van der Waals surface area contributed by atoms with Crippen LogP contribution in [0.5, 0.6) is 0 Å². The molecule has 1 N–H and O–H groups in total. The van der Waals surface area contributed by atoms with E-state index in [1.165, 1.54) is 0 Å². The number of anilines is 1. The number of likely N-dealkylation sites (N-methyl/N-ethyl adjacent to an activating group) is 1. The molecule has 108 valence electrons. The average molecular weight is 284 g/mol. The van der Waals surface area contributed by atoms with E-state index in [-0.39, 0.29) is 6.29 Å². The lowest BCUT2D eigenvalue weighted by Crippen LogP contribution is -2.30. The maximum Gasteiger partial charge on any atom is 0.175 e. The van der Waals surface area contributed by atoms with Crippen molar-refractivity contribution in [2.45, 2.75) is 6.29 Å².